The Labute approximate surface area is 166 Å². The van der Waals surface area contributed by atoms with Gasteiger partial charge in [0, 0.05) is 22.8 Å². The zero-order valence-electron chi connectivity index (χ0n) is 13.3. The minimum Gasteiger partial charge on any atom is -0.211 e. The second kappa shape index (κ2) is 7.20. The Morgan fingerprint density at radius 3 is 2.77 bits per heavy atom. The molecule has 0 aliphatic carbocycles. The van der Waals surface area contributed by atoms with Crippen molar-refractivity contribution >= 4 is 53.6 Å². The van der Waals surface area contributed by atoms with Gasteiger partial charge in [-0.3, -0.25) is 0 Å². The largest absolute Gasteiger partial charge is 0.241 e. The van der Waals surface area contributed by atoms with Crippen molar-refractivity contribution < 1.29 is 8.42 Å². The molecule has 3 aromatic heterocycles. The summed E-state index contributed by atoms with van der Waals surface area (Å²) in [6.07, 6.45) is 0.525. The van der Waals surface area contributed by atoms with E-state index < -0.39 is 10.0 Å². The summed E-state index contributed by atoms with van der Waals surface area (Å²) in [4.78, 5) is 6.58. The number of nitrogens with zero attached hydrogens (tertiary/aromatic N) is 3. The third kappa shape index (κ3) is 3.47. The number of hydrogen-bond donors (Lipinski definition) is 1. The minimum atomic E-state index is -3.56. The SMILES string of the molecule is O=S(=O)(NCCc1csc2nc(-c3cccs3)nn12)c1ccccc1Br. The van der Waals surface area contributed by atoms with Gasteiger partial charge < -0.3 is 0 Å². The molecule has 0 bridgehead atoms. The molecule has 0 atom stereocenters. The lowest BCUT2D eigenvalue weighted by atomic mass is 10.3. The van der Waals surface area contributed by atoms with Crippen LogP contribution in [0.4, 0.5) is 0 Å². The molecule has 1 N–H and O–H groups in total. The third-order valence-electron chi connectivity index (χ3n) is 3.69. The molecule has 0 radical (unpaired) electrons. The summed E-state index contributed by atoms with van der Waals surface area (Å²) in [5.74, 6) is 0.696. The van der Waals surface area contributed by atoms with Crippen molar-refractivity contribution in [3.8, 4) is 10.7 Å². The number of aromatic nitrogens is 3. The molecular formula is C16H13BrN4O2S3. The summed E-state index contributed by atoms with van der Waals surface area (Å²) >= 11 is 6.37. The predicted molar refractivity (Wildman–Crippen MR) is 107 cm³/mol. The maximum Gasteiger partial charge on any atom is 0.241 e. The highest BCUT2D eigenvalue weighted by atomic mass is 79.9. The van der Waals surface area contributed by atoms with Crippen LogP contribution in [0.3, 0.4) is 0 Å². The average molecular weight is 469 g/mol. The molecule has 0 unspecified atom stereocenters. The van der Waals surface area contributed by atoms with Crippen molar-refractivity contribution in [2.75, 3.05) is 6.54 Å². The standard InChI is InChI=1S/C16H13BrN4O2S3/c17-12-4-1-2-6-14(12)26(22,23)18-8-7-11-10-25-16-19-15(20-21(11)16)13-5-3-9-24-13/h1-6,9-10,18H,7-8H2. The summed E-state index contributed by atoms with van der Waals surface area (Å²) in [5.41, 5.74) is 0.926. The molecule has 0 aliphatic rings. The molecule has 1 aromatic carbocycles. The van der Waals surface area contributed by atoms with Crippen LogP contribution in [0.2, 0.25) is 0 Å². The van der Waals surface area contributed by atoms with Crippen molar-refractivity contribution in [3.05, 3.63) is 57.3 Å². The number of thiazole rings is 1. The van der Waals surface area contributed by atoms with Crippen LogP contribution in [-0.2, 0) is 16.4 Å². The molecule has 0 saturated heterocycles. The highest BCUT2D eigenvalue weighted by Gasteiger charge is 2.17. The van der Waals surface area contributed by atoms with E-state index in [2.05, 4.69) is 30.7 Å². The lowest BCUT2D eigenvalue weighted by Crippen LogP contribution is -2.26. The number of nitrogens with one attached hydrogen (secondary N) is 1. The zero-order valence-corrected chi connectivity index (χ0v) is 17.3. The summed E-state index contributed by atoms with van der Waals surface area (Å²) in [6, 6.07) is 10.7. The van der Waals surface area contributed by atoms with Crippen molar-refractivity contribution in [1.29, 1.82) is 0 Å². The Morgan fingerprint density at radius 2 is 2.00 bits per heavy atom. The Hall–Kier alpha value is -1.59. The predicted octanol–water partition coefficient (Wildman–Crippen LogP) is 3.80. The van der Waals surface area contributed by atoms with Gasteiger partial charge in [-0.1, -0.05) is 18.2 Å². The molecule has 4 aromatic rings. The summed E-state index contributed by atoms with van der Waals surface area (Å²) in [7, 11) is -3.56. The fourth-order valence-electron chi connectivity index (χ4n) is 2.46. The van der Waals surface area contributed by atoms with E-state index >= 15 is 0 Å². The average Bonchev–Trinajstić information content (AvgIpc) is 3.32. The molecule has 134 valence electrons. The fraction of sp³-hybridized carbons (Fsp3) is 0.125. The van der Waals surface area contributed by atoms with Gasteiger partial charge in [0.05, 0.1) is 15.5 Å². The highest BCUT2D eigenvalue weighted by Crippen LogP contribution is 2.25. The summed E-state index contributed by atoms with van der Waals surface area (Å²) in [5, 5.41) is 8.49. The Morgan fingerprint density at radius 1 is 1.15 bits per heavy atom. The first-order valence-electron chi connectivity index (χ1n) is 7.66. The molecule has 3 heterocycles. The van der Waals surface area contributed by atoms with Gasteiger partial charge in [0.25, 0.3) is 0 Å². The first-order valence-corrected chi connectivity index (χ1v) is 11.7. The third-order valence-corrected chi connectivity index (χ3v) is 7.89. The van der Waals surface area contributed by atoms with Crippen molar-refractivity contribution in [3.63, 3.8) is 0 Å². The number of rotatable bonds is 6. The molecule has 4 rings (SSSR count). The van der Waals surface area contributed by atoms with Crippen LogP contribution in [0, 0.1) is 0 Å². The Kier molecular flexibility index (Phi) is 4.93. The van der Waals surface area contributed by atoms with Crippen molar-refractivity contribution in [2.24, 2.45) is 0 Å². The number of hydrogen-bond acceptors (Lipinski definition) is 6. The van der Waals surface area contributed by atoms with Crippen molar-refractivity contribution in [1.82, 2.24) is 19.3 Å². The van der Waals surface area contributed by atoms with Gasteiger partial charge in [0.1, 0.15) is 0 Å². The van der Waals surface area contributed by atoms with Gasteiger partial charge in [0.2, 0.25) is 15.0 Å². The lowest BCUT2D eigenvalue weighted by molar-refractivity contribution is 0.580. The van der Waals surface area contributed by atoms with Crippen LogP contribution in [0.5, 0.6) is 0 Å². The second-order valence-corrected chi connectivity index (χ2v) is 9.79. The number of thiophene rings is 1. The van der Waals surface area contributed by atoms with Crippen LogP contribution in [0.1, 0.15) is 5.69 Å². The van der Waals surface area contributed by atoms with E-state index in [0.29, 0.717) is 16.7 Å². The van der Waals surface area contributed by atoms with Crippen LogP contribution in [0.15, 0.2) is 56.5 Å². The van der Waals surface area contributed by atoms with Gasteiger partial charge in [0.15, 0.2) is 5.82 Å². The molecule has 26 heavy (non-hydrogen) atoms. The van der Waals surface area contributed by atoms with Crippen LogP contribution < -0.4 is 4.72 Å². The van der Waals surface area contributed by atoms with E-state index in [-0.39, 0.29) is 11.4 Å². The van der Waals surface area contributed by atoms with E-state index in [4.69, 9.17) is 0 Å². The monoisotopic (exact) mass is 468 g/mol. The van der Waals surface area contributed by atoms with E-state index in [0.717, 1.165) is 15.5 Å². The zero-order chi connectivity index (χ0) is 18.1. The molecule has 0 saturated carbocycles. The topological polar surface area (TPSA) is 76.4 Å². The molecule has 0 aliphatic heterocycles. The van der Waals surface area contributed by atoms with Gasteiger partial charge >= 0.3 is 0 Å². The van der Waals surface area contributed by atoms with E-state index in [1.807, 2.05) is 22.9 Å². The van der Waals surface area contributed by atoms with Gasteiger partial charge in [-0.2, -0.15) is 4.98 Å². The number of benzene rings is 1. The van der Waals surface area contributed by atoms with E-state index in [1.165, 1.54) is 11.3 Å². The Bertz CT molecular complexity index is 1150. The first kappa shape index (κ1) is 17.8. The maximum absolute atomic E-state index is 12.4. The van der Waals surface area contributed by atoms with Crippen molar-refractivity contribution in [2.45, 2.75) is 11.3 Å². The molecular weight excluding hydrogens is 456 g/mol. The van der Waals surface area contributed by atoms with Gasteiger partial charge in [-0.05, 0) is 39.5 Å². The van der Waals surface area contributed by atoms with Crippen LogP contribution in [0.25, 0.3) is 15.7 Å². The maximum atomic E-state index is 12.4. The molecule has 0 spiro atoms. The van der Waals surface area contributed by atoms with E-state index in [9.17, 15) is 8.42 Å². The van der Waals surface area contributed by atoms with Crippen LogP contribution in [-0.4, -0.2) is 29.6 Å². The second-order valence-electron chi connectivity index (χ2n) is 5.41. The van der Waals surface area contributed by atoms with Gasteiger partial charge in [-0.15, -0.1) is 27.8 Å². The smallest absolute Gasteiger partial charge is 0.211 e. The molecule has 0 fully saturated rings. The normalized spacial score (nSPS) is 12.0. The Balaban J connectivity index is 1.49. The first-order chi connectivity index (χ1) is 12.5. The lowest BCUT2D eigenvalue weighted by Gasteiger charge is -2.07. The number of fused-ring (bicyclic) bond motifs is 1. The van der Waals surface area contributed by atoms with E-state index in [1.54, 1.807) is 40.1 Å². The molecule has 0 amide bonds. The highest BCUT2D eigenvalue weighted by molar-refractivity contribution is 9.10. The summed E-state index contributed by atoms with van der Waals surface area (Å²) in [6.45, 7) is 0.281. The molecule has 10 heteroatoms. The van der Waals surface area contributed by atoms with Crippen LogP contribution >= 0.6 is 38.6 Å². The van der Waals surface area contributed by atoms with Gasteiger partial charge in [-0.25, -0.2) is 17.7 Å². The minimum absolute atomic E-state index is 0.233. The summed E-state index contributed by atoms with van der Waals surface area (Å²) < 4.78 is 29.8. The molecule has 6 nitrogen and oxygen atoms in total. The number of halogens is 1. The fourth-order valence-corrected chi connectivity index (χ4v) is 6.00. The number of sulfonamides is 1. The quantitative estimate of drug-likeness (QED) is 0.466.